The van der Waals surface area contributed by atoms with Crippen LogP contribution in [0.1, 0.15) is 30.1 Å². The van der Waals surface area contributed by atoms with Gasteiger partial charge in [0.05, 0.1) is 18.1 Å². The summed E-state index contributed by atoms with van der Waals surface area (Å²) in [4.78, 5) is 30.2. The number of anilines is 1. The molecule has 1 aromatic carbocycles. The number of nitrogens with zero attached hydrogens (tertiary/aromatic N) is 2. The third kappa shape index (κ3) is 4.31. The first-order chi connectivity index (χ1) is 13.6. The number of amides is 2. The van der Waals surface area contributed by atoms with E-state index in [1.807, 2.05) is 0 Å². The number of hydrogen-bond acceptors (Lipinski definition) is 5. The molecule has 3 fully saturated rings. The topological polar surface area (TPSA) is 83.6 Å². The van der Waals surface area contributed by atoms with Crippen molar-refractivity contribution in [2.75, 3.05) is 25.0 Å². The van der Waals surface area contributed by atoms with Crippen LogP contribution in [0, 0.1) is 5.92 Å². The summed E-state index contributed by atoms with van der Waals surface area (Å²) in [6.45, 7) is 4.70. The summed E-state index contributed by atoms with van der Waals surface area (Å²) in [7, 11) is 0. The molecule has 7 heteroatoms. The van der Waals surface area contributed by atoms with Crippen LogP contribution in [-0.4, -0.2) is 47.4 Å². The van der Waals surface area contributed by atoms with Gasteiger partial charge in [0.25, 0.3) is 5.91 Å². The molecule has 3 aliphatic heterocycles. The summed E-state index contributed by atoms with van der Waals surface area (Å²) >= 11 is 0. The third-order valence-electron chi connectivity index (χ3n) is 5.36. The molecular formula is C21H24N4O3. The number of carbonyl (C=O) groups is 2. The Bertz CT molecular complexity index is 860. The Morgan fingerprint density at radius 2 is 1.86 bits per heavy atom. The van der Waals surface area contributed by atoms with Gasteiger partial charge in [-0.25, -0.2) is 0 Å². The molecule has 7 nitrogen and oxygen atoms in total. The van der Waals surface area contributed by atoms with Gasteiger partial charge in [-0.3, -0.25) is 14.6 Å². The SMILES string of the molecule is CC(=O)Nc1cncc(Oc2ccc(C(=O)N[C@H]3CN4CCC3CC4)cc2)c1. The Balaban J connectivity index is 1.37. The lowest BCUT2D eigenvalue weighted by molar-refractivity contribution is -0.114. The Kier molecular flexibility index (Phi) is 5.25. The molecule has 0 unspecified atom stereocenters. The lowest BCUT2D eigenvalue weighted by atomic mass is 9.84. The second-order valence-electron chi connectivity index (χ2n) is 7.43. The van der Waals surface area contributed by atoms with Gasteiger partial charge in [-0.2, -0.15) is 0 Å². The quantitative estimate of drug-likeness (QED) is 0.833. The van der Waals surface area contributed by atoms with E-state index < -0.39 is 0 Å². The van der Waals surface area contributed by atoms with Gasteiger partial charge in [0.15, 0.2) is 0 Å². The molecule has 3 saturated heterocycles. The van der Waals surface area contributed by atoms with Crippen LogP contribution >= 0.6 is 0 Å². The van der Waals surface area contributed by atoms with E-state index in [2.05, 4.69) is 20.5 Å². The molecule has 146 valence electrons. The van der Waals surface area contributed by atoms with E-state index in [4.69, 9.17) is 4.74 Å². The highest BCUT2D eigenvalue weighted by Crippen LogP contribution is 2.28. The molecule has 2 amide bonds. The van der Waals surface area contributed by atoms with Crippen molar-refractivity contribution in [3.63, 3.8) is 0 Å². The van der Waals surface area contributed by atoms with Crippen LogP contribution in [0.15, 0.2) is 42.7 Å². The standard InChI is InChI=1S/C21H24N4O3/c1-14(26)23-17-10-19(12-22-11-17)28-18-4-2-16(3-5-18)21(27)24-20-13-25-8-6-15(20)7-9-25/h2-5,10-12,15,20H,6-9,13H2,1H3,(H,23,26)(H,24,27)/t20-/m0/s1. The zero-order valence-electron chi connectivity index (χ0n) is 15.9. The maximum atomic E-state index is 12.6. The van der Waals surface area contributed by atoms with Gasteiger partial charge >= 0.3 is 0 Å². The third-order valence-corrected chi connectivity index (χ3v) is 5.36. The Hall–Kier alpha value is -2.93. The van der Waals surface area contributed by atoms with Crippen molar-refractivity contribution in [1.29, 1.82) is 0 Å². The van der Waals surface area contributed by atoms with Gasteiger partial charge in [0, 0.05) is 31.1 Å². The minimum atomic E-state index is -0.169. The summed E-state index contributed by atoms with van der Waals surface area (Å²) in [5.74, 6) is 1.49. The summed E-state index contributed by atoms with van der Waals surface area (Å²) in [6.07, 6.45) is 5.46. The molecule has 0 saturated carbocycles. The van der Waals surface area contributed by atoms with Crippen molar-refractivity contribution in [3.05, 3.63) is 48.3 Å². The van der Waals surface area contributed by atoms with Crippen LogP contribution in [0.5, 0.6) is 11.5 Å². The van der Waals surface area contributed by atoms with E-state index in [0.717, 1.165) is 19.6 Å². The Labute approximate surface area is 164 Å². The number of piperidine rings is 3. The Morgan fingerprint density at radius 1 is 1.11 bits per heavy atom. The van der Waals surface area contributed by atoms with E-state index in [1.54, 1.807) is 42.7 Å². The van der Waals surface area contributed by atoms with E-state index in [1.165, 1.54) is 19.8 Å². The minimum absolute atomic E-state index is 0.0420. The van der Waals surface area contributed by atoms with Crippen molar-refractivity contribution >= 4 is 17.5 Å². The fourth-order valence-corrected chi connectivity index (χ4v) is 3.94. The maximum absolute atomic E-state index is 12.6. The van der Waals surface area contributed by atoms with Crippen molar-refractivity contribution < 1.29 is 14.3 Å². The molecule has 28 heavy (non-hydrogen) atoms. The monoisotopic (exact) mass is 380 g/mol. The van der Waals surface area contributed by atoms with Crippen molar-refractivity contribution in [2.24, 2.45) is 5.92 Å². The van der Waals surface area contributed by atoms with Crippen LogP contribution in [-0.2, 0) is 4.79 Å². The number of nitrogens with one attached hydrogen (secondary N) is 2. The van der Waals surface area contributed by atoms with Crippen LogP contribution in [0.2, 0.25) is 0 Å². The molecule has 4 heterocycles. The number of aromatic nitrogens is 1. The van der Waals surface area contributed by atoms with Crippen LogP contribution in [0.25, 0.3) is 0 Å². The smallest absolute Gasteiger partial charge is 0.251 e. The second-order valence-corrected chi connectivity index (χ2v) is 7.43. The van der Waals surface area contributed by atoms with Gasteiger partial charge in [-0.1, -0.05) is 0 Å². The summed E-state index contributed by atoms with van der Waals surface area (Å²) < 4.78 is 5.77. The average molecular weight is 380 g/mol. The highest BCUT2D eigenvalue weighted by molar-refractivity contribution is 5.94. The fourth-order valence-electron chi connectivity index (χ4n) is 3.94. The number of hydrogen-bond donors (Lipinski definition) is 2. The van der Waals surface area contributed by atoms with Crippen LogP contribution in [0.4, 0.5) is 5.69 Å². The van der Waals surface area contributed by atoms with Gasteiger partial charge in [0.1, 0.15) is 11.5 Å². The molecule has 1 atom stereocenters. The maximum Gasteiger partial charge on any atom is 0.251 e. The van der Waals surface area contributed by atoms with Crippen LogP contribution < -0.4 is 15.4 Å². The molecule has 0 aliphatic carbocycles. The molecule has 1 aromatic heterocycles. The minimum Gasteiger partial charge on any atom is -0.456 e. The van der Waals surface area contributed by atoms with Gasteiger partial charge in [-0.05, 0) is 56.1 Å². The fraction of sp³-hybridized carbons (Fsp3) is 0.381. The zero-order valence-corrected chi connectivity index (χ0v) is 15.9. The lowest BCUT2D eigenvalue weighted by Gasteiger charge is -2.44. The predicted octanol–water partition coefficient (Wildman–Crippen LogP) is 2.66. The second kappa shape index (κ2) is 7.98. The van der Waals surface area contributed by atoms with Crippen molar-refractivity contribution in [1.82, 2.24) is 15.2 Å². The molecule has 0 spiro atoms. The first-order valence-electron chi connectivity index (χ1n) is 9.60. The Morgan fingerprint density at radius 3 is 2.50 bits per heavy atom. The highest BCUT2D eigenvalue weighted by atomic mass is 16.5. The number of rotatable bonds is 5. The van der Waals surface area contributed by atoms with E-state index in [9.17, 15) is 9.59 Å². The average Bonchev–Trinajstić information content (AvgIpc) is 2.69. The molecule has 3 aliphatic rings. The van der Waals surface area contributed by atoms with E-state index in [-0.39, 0.29) is 17.9 Å². The lowest BCUT2D eigenvalue weighted by Crippen LogP contribution is -2.57. The summed E-state index contributed by atoms with van der Waals surface area (Å²) in [5.41, 5.74) is 1.19. The van der Waals surface area contributed by atoms with Gasteiger partial charge in [0.2, 0.25) is 5.91 Å². The molecule has 0 radical (unpaired) electrons. The van der Waals surface area contributed by atoms with E-state index >= 15 is 0 Å². The first kappa shape index (κ1) is 18.4. The van der Waals surface area contributed by atoms with Gasteiger partial charge in [-0.15, -0.1) is 0 Å². The van der Waals surface area contributed by atoms with E-state index in [0.29, 0.717) is 28.7 Å². The summed E-state index contributed by atoms with van der Waals surface area (Å²) in [5, 5.41) is 5.86. The number of benzene rings is 1. The predicted molar refractivity (Wildman–Crippen MR) is 105 cm³/mol. The molecule has 2 bridgehead atoms. The summed E-state index contributed by atoms with van der Waals surface area (Å²) in [6, 6.07) is 8.98. The van der Waals surface area contributed by atoms with Crippen molar-refractivity contribution in [3.8, 4) is 11.5 Å². The van der Waals surface area contributed by atoms with Crippen LogP contribution in [0.3, 0.4) is 0 Å². The zero-order chi connectivity index (χ0) is 19.5. The molecule has 2 aromatic rings. The highest BCUT2D eigenvalue weighted by Gasteiger charge is 2.34. The van der Waals surface area contributed by atoms with Gasteiger partial charge < -0.3 is 20.3 Å². The molecule has 2 N–H and O–H groups in total. The number of fused-ring (bicyclic) bond motifs is 3. The van der Waals surface area contributed by atoms with Crippen molar-refractivity contribution in [2.45, 2.75) is 25.8 Å². The number of ether oxygens (including phenoxy) is 1. The largest absolute Gasteiger partial charge is 0.456 e. The first-order valence-corrected chi connectivity index (χ1v) is 9.60. The number of pyridine rings is 1. The molecular weight excluding hydrogens is 356 g/mol. The normalized spacial score (nSPS) is 23.1. The molecule has 5 rings (SSSR count). The number of carbonyl (C=O) groups excluding carboxylic acids is 2.